The van der Waals surface area contributed by atoms with Crippen LogP contribution in [0, 0.1) is 17.2 Å². The van der Waals surface area contributed by atoms with Gasteiger partial charge in [0, 0.05) is 6.04 Å². The number of hydrogen-bond donors (Lipinski definition) is 2. The van der Waals surface area contributed by atoms with Crippen LogP contribution in [-0.4, -0.2) is 14.5 Å². The molecule has 0 bridgehead atoms. The van der Waals surface area contributed by atoms with Gasteiger partial charge in [0.15, 0.2) is 0 Å². The van der Waals surface area contributed by atoms with E-state index in [2.05, 4.69) is 11.6 Å². The first-order chi connectivity index (χ1) is 9.92. The Balaban J connectivity index is 2.17. The van der Waals surface area contributed by atoms with Gasteiger partial charge >= 0.3 is 0 Å². The minimum Gasteiger partial charge on any atom is -0.398 e. The number of benzene rings is 1. The molecule has 5 nitrogen and oxygen atoms in total. The van der Waals surface area contributed by atoms with E-state index in [1.165, 1.54) is 18.2 Å². The summed E-state index contributed by atoms with van der Waals surface area (Å²) in [7, 11) is -3.63. The van der Waals surface area contributed by atoms with Gasteiger partial charge in [-0.2, -0.15) is 5.26 Å². The van der Waals surface area contributed by atoms with E-state index in [9.17, 15) is 8.42 Å². The Hall–Kier alpha value is -1.58. The van der Waals surface area contributed by atoms with Crippen molar-refractivity contribution in [3.63, 3.8) is 0 Å². The smallest absolute Gasteiger partial charge is 0.242 e. The van der Waals surface area contributed by atoms with Crippen LogP contribution in [0.1, 0.15) is 44.6 Å². The molecule has 0 aliphatic heterocycles. The molecular formula is C15H21N3O2S. The first-order valence-corrected chi connectivity index (χ1v) is 8.72. The van der Waals surface area contributed by atoms with Crippen molar-refractivity contribution >= 4 is 15.7 Å². The number of nitrogen functional groups attached to an aromatic ring is 1. The molecule has 0 heterocycles. The number of nitriles is 1. The molecule has 1 aliphatic rings. The highest BCUT2D eigenvalue weighted by Crippen LogP contribution is 2.25. The monoisotopic (exact) mass is 307 g/mol. The van der Waals surface area contributed by atoms with E-state index in [-0.39, 0.29) is 16.6 Å². The van der Waals surface area contributed by atoms with Gasteiger partial charge in [0.2, 0.25) is 10.0 Å². The van der Waals surface area contributed by atoms with Crippen molar-refractivity contribution in [2.45, 2.75) is 50.0 Å². The van der Waals surface area contributed by atoms with Crippen LogP contribution in [-0.2, 0) is 10.0 Å². The van der Waals surface area contributed by atoms with Gasteiger partial charge in [0.1, 0.15) is 4.90 Å². The third kappa shape index (κ3) is 3.96. The number of nitrogens with two attached hydrogens (primary N) is 1. The zero-order chi connectivity index (χ0) is 15.5. The van der Waals surface area contributed by atoms with Crippen molar-refractivity contribution in [3.05, 3.63) is 23.8 Å². The lowest BCUT2D eigenvalue weighted by Crippen LogP contribution is -2.34. The summed E-state index contributed by atoms with van der Waals surface area (Å²) >= 11 is 0. The number of nitrogens with zero attached hydrogens (tertiary/aromatic N) is 1. The predicted octanol–water partition coefficient (Wildman–Crippen LogP) is 2.39. The molecule has 6 heteroatoms. The topological polar surface area (TPSA) is 96.0 Å². The van der Waals surface area contributed by atoms with Gasteiger partial charge in [-0.3, -0.25) is 0 Å². The van der Waals surface area contributed by atoms with Crippen LogP contribution in [0.2, 0.25) is 0 Å². The molecule has 0 spiro atoms. The van der Waals surface area contributed by atoms with Crippen molar-refractivity contribution in [2.24, 2.45) is 5.92 Å². The number of nitrogens with one attached hydrogen (secondary N) is 1. The number of rotatable bonds is 3. The largest absolute Gasteiger partial charge is 0.398 e. The Labute approximate surface area is 126 Å². The summed E-state index contributed by atoms with van der Waals surface area (Å²) in [6.07, 6.45) is 4.95. The fourth-order valence-corrected chi connectivity index (χ4v) is 4.17. The van der Waals surface area contributed by atoms with Gasteiger partial charge in [-0.15, -0.1) is 0 Å². The Morgan fingerprint density at radius 1 is 1.29 bits per heavy atom. The maximum atomic E-state index is 12.4. The average molecular weight is 307 g/mol. The molecule has 1 aliphatic carbocycles. The molecule has 1 aromatic rings. The van der Waals surface area contributed by atoms with E-state index >= 15 is 0 Å². The summed E-state index contributed by atoms with van der Waals surface area (Å²) in [4.78, 5) is 0.0544. The molecule has 2 rings (SSSR count). The lowest BCUT2D eigenvalue weighted by atomic mass is 10.0. The summed E-state index contributed by atoms with van der Waals surface area (Å²) in [5.41, 5.74) is 6.24. The lowest BCUT2D eigenvalue weighted by Gasteiger charge is -2.17. The molecule has 21 heavy (non-hydrogen) atoms. The third-order valence-electron chi connectivity index (χ3n) is 4.01. The van der Waals surface area contributed by atoms with Gasteiger partial charge in [0.05, 0.1) is 17.3 Å². The van der Waals surface area contributed by atoms with Crippen LogP contribution < -0.4 is 10.5 Å². The van der Waals surface area contributed by atoms with E-state index in [0.29, 0.717) is 11.5 Å². The fraction of sp³-hybridized carbons (Fsp3) is 0.533. The highest BCUT2D eigenvalue weighted by Gasteiger charge is 2.24. The predicted molar refractivity (Wildman–Crippen MR) is 81.9 cm³/mol. The summed E-state index contributed by atoms with van der Waals surface area (Å²) in [6, 6.07) is 6.18. The van der Waals surface area contributed by atoms with Crippen molar-refractivity contribution in [1.82, 2.24) is 4.72 Å². The number of anilines is 1. The Morgan fingerprint density at radius 2 is 2.05 bits per heavy atom. The van der Waals surface area contributed by atoms with Crippen molar-refractivity contribution in [1.29, 1.82) is 5.26 Å². The maximum absolute atomic E-state index is 12.4. The summed E-state index contributed by atoms with van der Waals surface area (Å²) in [5, 5.41) is 8.80. The fourth-order valence-electron chi connectivity index (χ4n) is 2.75. The normalized spacial score (nSPS) is 23.2. The van der Waals surface area contributed by atoms with Crippen LogP contribution in [0.15, 0.2) is 23.1 Å². The average Bonchev–Trinajstić information content (AvgIpc) is 2.62. The Bertz CT molecular complexity index is 649. The first kappa shape index (κ1) is 15.8. The molecule has 2 unspecified atom stereocenters. The zero-order valence-corrected chi connectivity index (χ0v) is 13.0. The van der Waals surface area contributed by atoms with E-state index in [1.807, 2.05) is 6.07 Å². The van der Waals surface area contributed by atoms with Crippen LogP contribution in [0.4, 0.5) is 5.69 Å². The van der Waals surface area contributed by atoms with Crippen molar-refractivity contribution in [2.75, 3.05) is 5.73 Å². The maximum Gasteiger partial charge on any atom is 0.242 e. The molecular weight excluding hydrogens is 286 g/mol. The standard InChI is InChI=1S/C15H21N3O2S/c1-11-3-2-4-13(7-5-11)18-21(19,20)15-8-6-12(10-16)9-14(15)17/h6,8-9,11,13,18H,2-5,7,17H2,1H3. The number of sulfonamides is 1. The Kier molecular flexibility index (Phi) is 4.86. The van der Waals surface area contributed by atoms with E-state index < -0.39 is 10.0 Å². The van der Waals surface area contributed by atoms with Gasteiger partial charge in [0.25, 0.3) is 0 Å². The molecule has 1 fully saturated rings. The summed E-state index contributed by atoms with van der Waals surface area (Å²) in [5.74, 6) is 0.652. The van der Waals surface area contributed by atoms with Crippen LogP contribution in [0.25, 0.3) is 0 Å². The van der Waals surface area contributed by atoms with Crippen LogP contribution in [0.5, 0.6) is 0 Å². The number of hydrogen-bond acceptors (Lipinski definition) is 4. The van der Waals surface area contributed by atoms with Crippen molar-refractivity contribution < 1.29 is 8.42 Å². The molecule has 0 saturated heterocycles. The van der Waals surface area contributed by atoms with Crippen LogP contribution in [0.3, 0.4) is 0 Å². The van der Waals surface area contributed by atoms with Gasteiger partial charge in [-0.1, -0.05) is 19.8 Å². The lowest BCUT2D eigenvalue weighted by molar-refractivity contribution is 0.484. The van der Waals surface area contributed by atoms with Crippen molar-refractivity contribution in [3.8, 4) is 6.07 Å². The van der Waals surface area contributed by atoms with Crippen LogP contribution >= 0.6 is 0 Å². The van der Waals surface area contributed by atoms with E-state index in [4.69, 9.17) is 11.0 Å². The first-order valence-electron chi connectivity index (χ1n) is 7.24. The summed E-state index contributed by atoms with van der Waals surface area (Å²) in [6.45, 7) is 2.20. The molecule has 1 saturated carbocycles. The highest BCUT2D eigenvalue weighted by atomic mass is 32.2. The SMILES string of the molecule is CC1CCCC(NS(=O)(=O)c2ccc(C#N)cc2N)CC1. The molecule has 0 radical (unpaired) electrons. The molecule has 3 N–H and O–H groups in total. The molecule has 2 atom stereocenters. The Morgan fingerprint density at radius 3 is 2.71 bits per heavy atom. The van der Waals surface area contributed by atoms with E-state index in [0.717, 1.165) is 32.1 Å². The van der Waals surface area contributed by atoms with Gasteiger partial charge in [-0.05, 0) is 43.4 Å². The minimum atomic E-state index is -3.63. The zero-order valence-electron chi connectivity index (χ0n) is 12.2. The minimum absolute atomic E-state index is 0.0324. The molecule has 1 aromatic carbocycles. The molecule has 0 aromatic heterocycles. The second-order valence-electron chi connectivity index (χ2n) is 5.80. The summed E-state index contributed by atoms with van der Waals surface area (Å²) < 4.78 is 27.6. The van der Waals surface area contributed by atoms with Gasteiger partial charge < -0.3 is 5.73 Å². The van der Waals surface area contributed by atoms with Gasteiger partial charge in [-0.25, -0.2) is 13.1 Å². The second kappa shape index (κ2) is 6.46. The molecule has 0 amide bonds. The highest BCUT2D eigenvalue weighted by molar-refractivity contribution is 7.89. The third-order valence-corrected chi connectivity index (χ3v) is 5.60. The molecule has 114 valence electrons. The van der Waals surface area contributed by atoms with E-state index in [1.54, 1.807) is 0 Å². The quantitative estimate of drug-likeness (QED) is 0.662. The second-order valence-corrected chi connectivity index (χ2v) is 7.48.